The number of nitrogens with zero attached hydrogens (tertiary/aromatic N) is 2. The summed E-state index contributed by atoms with van der Waals surface area (Å²) < 4.78 is 9.96. The van der Waals surface area contributed by atoms with Gasteiger partial charge in [0.25, 0.3) is 23.6 Å². The maximum absolute atomic E-state index is 11.9. The van der Waals surface area contributed by atoms with Crippen LogP contribution in [0.4, 0.5) is 15.3 Å². The normalized spacial score (nSPS) is 14.7. The van der Waals surface area contributed by atoms with Crippen LogP contribution in [0.2, 0.25) is 0 Å². The molecule has 4 N–H and O–H groups in total. The van der Waals surface area contributed by atoms with Crippen LogP contribution in [-0.4, -0.2) is 75.6 Å². The predicted molar refractivity (Wildman–Crippen MR) is 150 cm³/mol. The van der Waals surface area contributed by atoms with Crippen LogP contribution in [0.3, 0.4) is 0 Å². The van der Waals surface area contributed by atoms with Gasteiger partial charge in [-0.1, -0.05) is 0 Å². The molecule has 246 valence electrons. The molecule has 2 heterocycles. The van der Waals surface area contributed by atoms with Gasteiger partial charge in [0.15, 0.2) is 0 Å². The molecule has 6 amide bonds. The van der Waals surface area contributed by atoms with Crippen molar-refractivity contribution in [2.24, 2.45) is 0 Å². The van der Waals surface area contributed by atoms with Gasteiger partial charge in [-0.15, -0.1) is 10.1 Å². The molecule has 3 rings (SSSR count). The third-order valence-electron chi connectivity index (χ3n) is 5.03. The van der Waals surface area contributed by atoms with Gasteiger partial charge in [-0.05, 0) is 65.8 Å². The highest BCUT2D eigenvalue weighted by molar-refractivity contribution is 6.03. The topological polar surface area (TPSA) is 228 Å². The second kappa shape index (κ2) is 15.5. The smallest absolute Gasteiger partial charge is 0.426 e. The molecule has 18 nitrogen and oxygen atoms in total. The number of carbonyl (C=O) groups is 8. The molecule has 45 heavy (non-hydrogen) atoms. The van der Waals surface area contributed by atoms with Gasteiger partial charge in [0.05, 0.1) is 11.3 Å². The number of ether oxygens (including phenoxy) is 2. The standard InChI is InChI=1S/C16H19N3O6.C11H17N3O6/c1-16(2,3)24-15(23)18-17-11-6-4-10(5-7-11)14(22)25-19-12(20)8-9-13(19)21;1-11(2,3)19-10(18)13-12-6-9(17)20-14-7(15)4-5-8(14)16/h4-7,17H,8-9H2,1-3H3,(H,18,23);12H,4-6H2,1-3H3,(H,13,18). The van der Waals surface area contributed by atoms with E-state index >= 15 is 0 Å². The van der Waals surface area contributed by atoms with Crippen LogP contribution in [-0.2, 0) is 43.1 Å². The van der Waals surface area contributed by atoms with E-state index in [2.05, 4.69) is 26.5 Å². The van der Waals surface area contributed by atoms with Crippen LogP contribution in [0, 0.1) is 0 Å². The van der Waals surface area contributed by atoms with E-state index in [4.69, 9.17) is 14.3 Å². The summed E-state index contributed by atoms with van der Waals surface area (Å²) in [6.07, 6.45) is -1.30. The first kappa shape index (κ1) is 35.9. The van der Waals surface area contributed by atoms with Crippen molar-refractivity contribution in [2.75, 3.05) is 12.0 Å². The number of imide groups is 2. The van der Waals surface area contributed by atoms with Crippen molar-refractivity contribution < 1.29 is 57.5 Å². The SMILES string of the molecule is CC(C)(C)OC(=O)NNCC(=O)ON1C(=O)CCC1=O.CC(C)(C)OC(=O)NNc1ccc(C(=O)ON2C(=O)CCC2=O)cc1. The third kappa shape index (κ3) is 12.9. The Balaban J connectivity index is 0.000000322. The molecule has 2 aliphatic rings. The lowest BCUT2D eigenvalue weighted by Gasteiger charge is -2.20. The molecule has 0 atom stereocenters. The second-order valence-electron chi connectivity index (χ2n) is 11.3. The van der Waals surface area contributed by atoms with Crippen molar-refractivity contribution in [3.05, 3.63) is 29.8 Å². The van der Waals surface area contributed by atoms with Gasteiger partial charge < -0.3 is 19.1 Å². The van der Waals surface area contributed by atoms with Gasteiger partial charge in [0.2, 0.25) is 0 Å². The van der Waals surface area contributed by atoms with Crippen molar-refractivity contribution in [3.63, 3.8) is 0 Å². The lowest BCUT2D eigenvalue weighted by molar-refractivity contribution is -0.196. The summed E-state index contributed by atoms with van der Waals surface area (Å²) in [6.45, 7) is 9.85. The first-order valence-corrected chi connectivity index (χ1v) is 13.6. The monoisotopic (exact) mass is 636 g/mol. The molecule has 2 aliphatic heterocycles. The van der Waals surface area contributed by atoms with E-state index in [9.17, 15) is 38.4 Å². The molecule has 0 bridgehead atoms. The van der Waals surface area contributed by atoms with Gasteiger partial charge in [-0.25, -0.2) is 30.0 Å². The fourth-order valence-electron chi connectivity index (χ4n) is 3.19. The van der Waals surface area contributed by atoms with E-state index < -0.39 is 65.5 Å². The number of hydrogen-bond donors (Lipinski definition) is 4. The Labute approximate surface area is 257 Å². The average molecular weight is 637 g/mol. The van der Waals surface area contributed by atoms with Crippen LogP contribution in [0.25, 0.3) is 0 Å². The highest BCUT2D eigenvalue weighted by Crippen LogP contribution is 2.16. The molecule has 0 unspecified atom stereocenters. The zero-order chi connectivity index (χ0) is 33.9. The number of hydrogen-bond acceptors (Lipinski definition) is 14. The highest BCUT2D eigenvalue weighted by Gasteiger charge is 2.34. The number of rotatable bonds is 8. The van der Waals surface area contributed by atoms with Crippen LogP contribution in [0.1, 0.15) is 77.6 Å². The zero-order valence-electron chi connectivity index (χ0n) is 25.6. The van der Waals surface area contributed by atoms with Crippen molar-refractivity contribution >= 4 is 53.4 Å². The van der Waals surface area contributed by atoms with Crippen molar-refractivity contribution in [2.45, 2.75) is 78.4 Å². The molecular weight excluding hydrogens is 600 g/mol. The highest BCUT2D eigenvalue weighted by atomic mass is 16.7. The van der Waals surface area contributed by atoms with Crippen LogP contribution in [0.5, 0.6) is 0 Å². The lowest BCUT2D eigenvalue weighted by atomic mass is 10.2. The molecular formula is C27H36N6O12. The molecule has 2 fully saturated rings. The number of benzene rings is 1. The molecule has 0 aliphatic carbocycles. The molecule has 0 saturated carbocycles. The summed E-state index contributed by atoms with van der Waals surface area (Å²) in [5.74, 6) is -3.93. The second-order valence-corrected chi connectivity index (χ2v) is 11.3. The Morgan fingerprint density at radius 2 is 1.09 bits per heavy atom. The summed E-state index contributed by atoms with van der Waals surface area (Å²) in [6, 6.07) is 5.88. The molecule has 0 aromatic heterocycles. The number of carbonyl (C=O) groups excluding carboxylic acids is 8. The molecule has 0 radical (unpaired) electrons. The van der Waals surface area contributed by atoms with Crippen molar-refractivity contribution in [1.82, 2.24) is 26.4 Å². The average Bonchev–Trinajstić information content (AvgIpc) is 3.41. The minimum absolute atomic E-state index is 0.0235. The summed E-state index contributed by atoms with van der Waals surface area (Å²) in [4.78, 5) is 101. The van der Waals surface area contributed by atoms with Gasteiger partial charge >= 0.3 is 24.1 Å². The van der Waals surface area contributed by atoms with Crippen molar-refractivity contribution in [1.29, 1.82) is 0 Å². The van der Waals surface area contributed by atoms with Crippen LogP contribution in [0.15, 0.2) is 24.3 Å². The molecule has 18 heteroatoms. The van der Waals surface area contributed by atoms with Crippen LogP contribution < -0.4 is 21.7 Å². The maximum atomic E-state index is 11.9. The van der Waals surface area contributed by atoms with Gasteiger partial charge in [0, 0.05) is 25.7 Å². The fraction of sp³-hybridized carbons (Fsp3) is 0.481. The van der Waals surface area contributed by atoms with Crippen molar-refractivity contribution in [3.8, 4) is 0 Å². The van der Waals surface area contributed by atoms with E-state index in [1.165, 1.54) is 24.3 Å². The van der Waals surface area contributed by atoms with E-state index in [-0.39, 0.29) is 31.2 Å². The number of anilines is 1. The van der Waals surface area contributed by atoms with E-state index in [1.807, 2.05) is 0 Å². The number of nitrogens with one attached hydrogen (secondary N) is 4. The van der Waals surface area contributed by atoms with Crippen LogP contribution >= 0.6 is 0 Å². The number of hydroxylamine groups is 4. The molecule has 1 aromatic carbocycles. The number of hydrazine groups is 2. The fourth-order valence-corrected chi connectivity index (χ4v) is 3.19. The lowest BCUT2D eigenvalue weighted by Crippen LogP contribution is -2.45. The minimum atomic E-state index is -0.885. The largest absolute Gasteiger partial charge is 0.443 e. The minimum Gasteiger partial charge on any atom is -0.443 e. The Morgan fingerprint density at radius 1 is 0.667 bits per heavy atom. The first-order chi connectivity index (χ1) is 20.8. The Bertz CT molecular complexity index is 1280. The first-order valence-electron chi connectivity index (χ1n) is 13.6. The quantitative estimate of drug-likeness (QED) is 0.234. The van der Waals surface area contributed by atoms with Gasteiger partial charge in [-0.2, -0.15) is 0 Å². The van der Waals surface area contributed by atoms with Gasteiger partial charge in [-0.3, -0.25) is 30.0 Å². The maximum Gasteiger partial charge on any atom is 0.426 e. The van der Waals surface area contributed by atoms with E-state index in [1.54, 1.807) is 41.5 Å². The molecule has 1 aromatic rings. The summed E-state index contributed by atoms with van der Waals surface area (Å²) in [5.41, 5.74) is 8.71. The molecule has 2 saturated heterocycles. The summed E-state index contributed by atoms with van der Waals surface area (Å²) in [5, 5.41) is 0.913. The predicted octanol–water partition coefficient (Wildman–Crippen LogP) is 1.38. The van der Waals surface area contributed by atoms with Gasteiger partial charge in [0.1, 0.15) is 17.7 Å². The number of amides is 6. The summed E-state index contributed by atoms with van der Waals surface area (Å²) in [7, 11) is 0. The molecule has 0 spiro atoms. The Kier molecular flexibility index (Phi) is 12.3. The third-order valence-corrected chi connectivity index (χ3v) is 5.03. The summed E-state index contributed by atoms with van der Waals surface area (Å²) >= 11 is 0. The van der Waals surface area contributed by atoms with E-state index in [0.29, 0.717) is 15.8 Å². The van der Waals surface area contributed by atoms with E-state index in [0.717, 1.165) is 0 Å². The Hall–Kier alpha value is -5.26. The Morgan fingerprint density at radius 3 is 1.53 bits per heavy atom. The zero-order valence-corrected chi connectivity index (χ0v) is 25.6.